The Labute approximate surface area is 136 Å². The van der Waals surface area contributed by atoms with Gasteiger partial charge in [-0.1, -0.05) is 13.3 Å². The van der Waals surface area contributed by atoms with Crippen molar-refractivity contribution in [3.63, 3.8) is 0 Å². The molecular formula is C17H35N5. The maximum Gasteiger partial charge on any atom is 0.191 e. The minimum atomic E-state index is 0.857. The van der Waals surface area contributed by atoms with Crippen LogP contribution in [0, 0.1) is 5.92 Å². The second-order valence-corrected chi connectivity index (χ2v) is 6.88. The van der Waals surface area contributed by atoms with Gasteiger partial charge in [-0.3, -0.25) is 4.99 Å². The lowest BCUT2D eigenvalue weighted by Gasteiger charge is -2.31. The topological polar surface area (TPSA) is 42.9 Å². The number of nitrogens with one attached hydrogen (secondary N) is 2. The zero-order valence-corrected chi connectivity index (χ0v) is 14.6. The first-order chi connectivity index (χ1) is 10.8. The van der Waals surface area contributed by atoms with Crippen molar-refractivity contribution in [3.8, 4) is 0 Å². The second-order valence-electron chi connectivity index (χ2n) is 6.88. The molecule has 0 bridgehead atoms. The monoisotopic (exact) mass is 309 g/mol. The highest BCUT2D eigenvalue weighted by Crippen LogP contribution is 2.14. The van der Waals surface area contributed by atoms with E-state index >= 15 is 0 Å². The highest BCUT2D eigenvalue weighted by molar-refractivity contribution is 5.79. The van der Waals surface area contributed by atoms with Crippen LogP contribution in [0.25, 0.3) is 0 Å². The van der Waals surface area contributed by atoms with Crippen LogP contribution in [-0.4, -0.2) is 75.2 Å². The Balaban J connectivity index is 1.54. The largest absolute Gasteiger partial charge is 0.355 e. The Morgan fingerprint density at radius 3 is 2.23 bits per heavy atom. The van der Waals surface area contributed by atoms with Crippen molar-refractivity contribution in [2.45, 2.75) is 39.0 Å². The number of hydrogen-bond donors (Lipinski definition) is 2. The van der Waals surface area contributed by atoms with Crippen LogP contribution in [0.15, 0.2) is 4.99 Å². The third-order valence-electron chi connectivity index (χ3n) is 4.85. The van der Waals surface area contributed by atoms with Crippen LogP contribution < -0.4 is 10.6 Å². The Morgan fingerprint density at radius 2 is 1.59 bits per heavy atom. The molecule has 0 aromatic carbocycles. The fraction of sp³-hybridized carbons (Fsp3) is 0.941. The van der Waals surface area contributed by atoms with Gasteiger partial charge in [-0.15, -0.1) is 0 Å². The lowest BCUT2D eigenvalue weighted by Crippen LogP contribution is -2.45. The van der Waals surface area contributed by atoms with E-state index in [4.69, 9.17) is 0 Å². The van der Waals surface area contributed by atoms with Crippen LogP contribution in [0.4, 0.5) is 0 Å². The van der Waals surface area contributed by atoms with Gasteiger partial charge in [-0.05, 0) is 51.2 Å². The summed E-state index contributed by atoms with van der Waals surface area (Å²) in [6.07, 6.45) is 6.87. The van der Waals surface area contributed by atoms with Gasteiger partial charge in [0.15, 0.2) is 5.96 Å². The summed E-state index contributed by atoms with van der Waals surface area (Å²) in [6, 6.07) is 0. The van der Waals surface area contributed by atoms with E-state index in [1.54, 1.807) is 0 Å². The molecule has 0 saturated carbocycles. The first-order valence-electron chi connectivity index (χ1n) is 9.17. The van der Waals surface area contributed by atoms with E-state index in [9.17, 15) is 0 Å². The fourth-order valence-electron chi connectivity index (χ4n) is 3.56. The van der Waals surface area contributed by atoms with Crippen LogP contribution in [0.3, 0.4) is 0 Å². The van der Waals surface area contributed by atoms with E-state index in [2.05, 4.69) is 32.3 Å². The zero-order chi connectivity index (χ0) is 15.6. The van der Waals surface area contributed by atoms with Crippen LogP contribution in [0.2, 0.25) is 0 Å². The molecule has 5 heteroatoms. The molecule has 2 saturated heterocycles. The molecule has 0 aromatic rings. The van der Waals surface area contributed by atoms with Crippen LogP contribution in [0.1, 0.15) is 39.0 Å². The Hall–Kier alpha value is -0.810. The Kier molecular flexibility index (Phi) is 8.02. The lowest BCUT2D eigenvalue weighted by atomic mass is 10.0. The van der Waals surface area contributed by atoms with Crippen LogP contribution >= 0.6 is 0 Å². The molecule has 2 aliphatic heterocycles. The summed E-state index contributed by atoms with van der Waals surface area (Å²) in [5.74, 6) is 1.80. The summed E-state index contributed by atoms with van der Waals surface area (Å²) < 4.78 is 0. The molecular weight excluding hydrogens is 274 g/mol. The summed E-state index contributed by atoms with van der Waals surface area (Å²) >= 11 is 0. The van der Waals surface area contributed by atoms with Crippen LogP contribution in [0.5, 0.6) is 0 Å². The molecule has 22 heavy (non-hydrogen) atoms. The van der Waals surface area contributed by atoms with Crippen molar-refractivity contribution in [1.29, 1.82) is 0 Å². The van der Waals surface area contributed by atoms with Crippen molar-refractivity contribution in [2.24, 2.45) is 10.9 Å². The van der Waals surface area contributed by atoms with Crippen LogP contribution in [-0.2, 0) is 0 Å². The molecule has 0 spiro atoms. The van der Waals surface area contributed by atoms with Gasteiger partial charge < -0.3 is 20.4 Å². The van der Waals surface area contributed by atoms with Crippen molar-refractivity contribution in [3.05, 3.63) is 0 Å². The highest BCUT2D eigenvalue weighted by atomic mass is 15.2. The number of rotatable bonds is 6. The SMILES string of the molecule is CN=C(NCCN1CCCCC1)NCCN1CCCC(C)C1. The summed E-state index contributed by atoms with van der Waals surface area (Å²) in [7, 11) is 1.86. The lowest BCUT2D eigenvalue weighted by molar-refractivity contribution is 0.186. The molecule has 0 radical (unpaired) electrons. The molecule has 2 fully saturated rings. The predicted molar refractivity (Wildman–Crippen MR) is 94.5 cm³/mol. The minimum absolute atomic E-state index is 0.857. The summed E-state index contributed by atoms with van der Waals surface area (Å²) in [4.78, 5) is 9.45. The first kappa shape index (κ1) is 17.5. The molecule has 2 rings (SSSR count). The number of nitrogens with zero attached hydrogens (tertiary/aromatic N) is 3. The molecule has 1 unspecified atom stereocenters. The van der Waals surface area contributed by atoms with E-state index in [1.807, 2.05) is 7.05 Å². The Bertz CT molecular complexity index is 325. The van der Waals surface area contributed by atoms with Crippen molar-refractivity contribution in [1.82, 2.24) is 20.4 Å². The van der Waals surface area contributed by atoms with Gasteiger partial charge in [0.2, 0.25) is 0 Å². The standard InChI is InChI=1S/C17H35N5/c1-16-7-6-12-22(15-16)14-9-20-17(18-2)19-8-13-21-10-4-3-5-11-21/h16H,3-15H2,1-2H3,(H2,18,19,20). The third-order valence-corrected chi connectivity index (χ3v) is 4.85. The molecule has 2 heterocycles. The van der Waals surface area contributed by atoms with Gasteiger partial charge in [0.1, 0.15) is 0 Å². The fourth-order valence-corrected chi connectivity index (χ4v) is 3.56. The number of hydrogen-bond acceptors (Lipinski definition) is 3. The average Bonchev–Trinajstić information content (AvgIpc) is 2.54. The summed E-state index contributed by atoms with van der Waals surface area (Å²) in [5, 5.41) is 6.89. The minimum Gasteiger partial charge on any atom is -0.355 e. The predicted octanol–water partition coefficient (Wildman–Crippen LogP) is 1.37. The molecule has 0 aromatic heterocycles. The van der Waals surface area contributed by atoms with Gasteiger partial charge in [-0.25, -0.2) is 0 Å². The van der Waals surface area contributed by atoms with Gasteiger partial charge >= 0.3 is 0 Å². The van der Waals surface area contributed by atoms with Gasteiger partial charge in [-0.2, -0.15) is 0 Å². The van der Waals surface area contributed by atoms with Crippen molar-refractivity contribution >= 4 is 5.96 Å². The molecule has 0 aliphatic carbocycles. The number of piperidine rings is 2. The smallest absolute Gasteiger partial charge is 0.191 e. The number of likely N-dealkylation sites (tertiary alicyclic amines) is 2. The molecule has 1 atom stereocenters. The van der Waals surface area contributed by atoms with E-state index in [1.165, 1.54) is 58.3 Å². The molecule has 2 N–H and O–H groups in total. The summed E-state index contributed by atoms with van der Waals surface area (Å²) in [5.41, 5.74) is 0. The van der Waals surface area contributed by atoms with Gasteiger partial charge in [0, 0.05) is 39.8 Å². The van der Waals surface area contributed by atoms with E-state index in [-0.39, 0.29) is 0 Å². The Morgan fingerprint density at radius 1 is 0.955 bits per heavy atom. The number of guanidine groups is 1. The molecule has 2 aliphatic rings. The molecule has 0 amide bonds. The van der Waals surface area contributed by atoms with E-state index in [0.29, 0.717) is 0 Å². The van der Waals surface area contributed by atoms with Crippen molar-refractivity contribution in [2.75, 3.05) is 59.4 Å². The van der Waals surface area contributed by atoms with Gasteiger partial charge in [0.25, 0.3) is 0 Å². The third kappa shape index (κ3) is 6.53. The maximum atomic E-state index is 4.33. The zero-order valence-electron chi connectivity index (χ0n) is 14.6. The quantitative estimate of drug-likeness (QED) is 0.574. The molecule has 5 nitrogen and oxygen atoms in total. The maximum absolute atomic E-state index is 4.33. The normalized spacial score (nSPS) is 25.2. The highest BCUT2D eigenvalue weighted by Gasteiger charge is 2.15. The molecule has 128 valence electrons. The van der Waals surface area contributed by atoms with Crippen molar-refractivity contribution < 1.29 is 0 Å². The second kappa shape index (κ2) is 10.1. The average molecular weight is 310 g/mol. The van der Waals surface area contributed by atoms with E-state index < -0.39 is 0 Å². The van der Waals surface area contributed by atoms with E-state index in [0.717, 1.165) is 38.1 Å². The first-order valence-corrected chi connectivity index (χ1v) is 9.17. The summed E-state index contributed by atoms with van der Waals surface area (Å²) in [6.45, 7) is 11.6. The number of aliphatic imine (C=N–C) groups is 1. The van der Waals surface area contributed by atoms with Gasteiger partial charge in [0.05, 0.1) is 0 Å².